The molecule has 0 aliphatic carbocycles. The number of nitriles is 2. The molecular weight excluding hydrogens is 236 g/mol. The number of rotatable bonds is 3. The Kier molecular flexibility index (Phi) is 3.75. The Balaban J connectivity index is 2.14. The summed E-state index contributed by atoms with van der Waals surface area (Å²) < 4.78 is 0. The van der Waals surface area contributed by atoms with Gasteiger partial charge in [-0.25, -0.2) is 4.98 Å². The Morgan fingerprint density at radius 3 is 2.74 bits per heavy atom. The van der Waals surface area contributed by atoms with Crippen LogP contribution in [0, 0.1) is 29.6 Å². The van der Waals surface area contributed by atoms with E-state index in [0.717, 1.165) is 16.8 Å². The van der Waals surface area contributed by atoms with Crippen molar-refractivity contribution in [2.45, 2.75) is 13.5 Å². The first kappa shape index (κ1) is 12.6. The molecule has 0 unspecified atom stereocenters. The highest BCUT2D eigenvalue weighted by Gasteiger charge is 2.01. The first-order valence-corrected chi connectivity index (χ1v) is 5.82. The molecule has 0 saturated heterocycles. The van der Waals surface area contributed by atoms with Gasteiger partial charge in [0, 0.05) is 18.4 Å². The second-order valence-electron chi connectivity index (χ2n) is 4.16. The summed E-state index contributed by atoms with van der Waals surface area (Å²) >= 11 is 0. The van der Waals surface area contributed by atoms with E-state index in [9.17, 15) is 0 Å². The molecule has 0 amide bonds. The summed E-state index contributed by atoms with van der Waals surface area (Å²) in [6, 6.07) is 13.3. The minimum absolute atomic E-state index is 0.404. The highest BCUT2D eigenvalue weighted by molar-refractivity contribution is 5.55. The van der Waals surface area contributed by atoms with Crippen molar-refractivity contribution in [2.24, 2.45) is 0 Å². The van der Waals surface area contributed by atoms with Gasteiger partial charge in [0.05, 0.1) is 11.6 Å². The summed E-state index contributed by atoms with van der Waals surface area (Å²) in [4.78, 5) is 3.93. The van der Waals surface area contributed by atoms with Crippen LogP contribution in [-0.2, 0) is 6.54 Å². The number of hydrogen-bond acceptors (Lipinski definition) is 4. The molecule has 2 aromatic rings. The molecule has 0 fully saturated rings. The third kappa shape index (κ3) is 3.08. The Hall–Kier alpha value is -2.85. The Labute approximate surface area is 112 Å². The maximum Gasteiger partial charge on any atom is 0.140 e. The molecule has 0 aliphatic rings. The maximum absolute atomic E-state index is 8.88. The van der Waals surface area contributed by atoms with Crippen molar-refractivity contribution in [3.8, 4) is 12.1 Å². The van der Waals surface area contributed by atoms with Crippen molar-refractivity contribution in [3.05, 3.63) is 58.9 Å². The van der Waals surface area contributed by atoms with E-state index in [1.807, 2.05) is 31.2 Å². The Bertz CT molecular complexity index is 677. The van der Waals surface area contributed by atoms with Gasteiger partial charge in [-0.15, -0.1) is 0 Å². The van der Waals surface area contributed by atoms with Crippen LogP contribution in [0.2, 0.25) is 0 Å². The molecule has 1 N–H and O–H groups in total. The van der Waals surface area contributed by atoms with E-state index < -0.39 is 0 Å². The fraction of sp³-hybridized carbons (Fsp3) is 0.133. The summed E-state index contributed by atoms with van der Waals surface area (Å²) in [7, 11) is 0. The van der Waals surface area contributed by atoms with E-state index in [1.165, 1.54) is 0 Å². The lowest BCUT2D eigenvalue weighted by Crippen LogP contribution is -2.02. The highest BCUT2D eigenvalue weighted by Crippen LogP contribution is 2.17. The number of nitrogens with one attached hydrogen (secondary N) is 1. The topological polar surface area (TPSA) is 72.5 Å². The van der Waals surface area contributed by atoms with Crippen molar-refractivity contribution in [3.63, 3.8) is 0 Å². The van der Waals surface area contributed by atoms with E-state index in [4.69, 9.17) is 10.5 Å². The average molecular weight is 248 g/mol. The van der Waals surface area contributed by atoms with Crippen molar-refractivity contribution in [1.29, 1.82) is 10.5 Å². The van der Waals surface area contributed by atoms with Crippen LogP contribution in [0.25, 0.3) is 0 Å². The van der Waals surface area contributed by atoms with Gasteiger partial charge in [0.2, 0.25) is 0 Å². The smallest absolute Gasteiger partial charge is 0.140 e. The molecule has 0 radical (unpaired) electrons. The molecule has 4 heteroatoms. The lowest BCUT2D eigenvalue weighted by Gasteiger charge is -2.10. The molecule has 1 aromatic heterocycles. The summed E-state index contributed by atoms with van der Waals surface area (Å²) in [5.74, 6) is 0. The van der Waals surface area contributed by atoms with Gasteiger partial charge in [-0.1, -0.05) is 6.07 Å². The standard InChI is InChI=1S/C15H12N4/c1-11-2-3-12(8-16)7-15(11)19-10-13-4-5-18-14(6-13)9-17/h2-7,19H,10H2,1H3. The molecule has 0 bridgehead atoms. The zero-order chi connectivity index (χ0) is 13.7. The van der Waals surface area contributed by atoms with Crippen LogP contribution in [-0.4, -0.2) is 4.98 Å². The molecule has 1 aromatic carbocycles. The molecule has 0 saturated carbocycles. The molecule has 2 rings (SSSR count). The second kappa shape index (κ2) is 5.66. The van der Waals surface area contributed by atoms with Crippen LogP contribution in [0.3, 0.4) is 0 Å². The van der Waals surface area contributed by atoms with E-state index in [0.29, 0.717) is 17.8 Å². The van der Waals surface area contributed by atoms with Crippen LogP contribution in [0.5, 0.6) is 0 Å². The van der Waals surface area contributed by atoms with E-state index in [1.54, 1.807) is 18.3 Å². The molecule has 4 nitrogen and oxygen atoms in total. The van der Waals surface area contributed by atoms with Gasteiger partial charge in [0.25, 0.3) is 0 Å². The quantitative estimate of drug-likeness (QED) is 0.906. The van der Waals surface area contributed by atoms with Gasteiger partial charge in [-0.2, -0.15) is 10.5 Å². The zero-order valence-electron chi connectivity index (χ0n) is 10.5. The van der Waals surface area contributed by atoms with E-state index in [-0.39, 0.29) is 0 Å². The summed E-state index contributed by atoms with van der Waals surface area (Å²) in [5, 5.41) is 20.9. The van der Waals surface area contributed by atoms with Gasteiger partial charge in [0.15, 0.2) is 0 Å². The first-order valence-electron chi connectivity index (χ1n) is 5.82. The normalized spacial score (nSPS) is 9.42. The summed E-state index contributed by atoms with van der Waals surface area (Å²) in [6.45, 7) is 2.57. The number of nitrogens with zero attached hydrogens (tertiary/aromatic N) is 3. The van der Waals surface area contributed by atoms with Crippen molar-refractivity contribution in [2.75, 3.05) is 5.32 Å². The highest BCUT2D eigenvalue weighted by atomic mass is 14.9. The molecule has 0 atom stereocenters. The van der Waals surface area contributed by atoms with Gasteiger partial charge >= 0.3 is 0 Å². The van der Waals surface area contributed by atoms with Crippen LogP contribution in [0.15, 0.2) is 36.5 Å². The monoisotopic (exact) mass is 248 g/mol. The van der Waals surface area contributed by atoms with Crippen LogP contribution < -0.4 is 5.32 Å². The number of pyridine rings is 1. The van der Waals surface area contributed by atoms with Crippen LogP contribution in [0.4, 0.5) is 5.69 Å². The van der Waals surface area contributed by atoms with Crippen LogP contribution >= 0.6 is 0 Å². The van der Waals surface area contributed by atoms with Gasteiger partial charge in [-0.3, -0.25) is 0 Å². The second-order valence-corrected chi connectivity index (χ2v) is 4.16. The molecule has 0 aliphatic heterocycles. The molecule has 92 valence electrons. The predicted octanol–water partition coefficient (Wildman–Crippen LogP) is 2.75. The molecular formula is C15H12N4. The van der Waals surface area contributed by atoms with Crippen molar-refractivity contribution < 1.29 is 0 Å². The third-order valence-corrected chi connectivity index (χ3v) is 2.79. The lowest BCUT2D eigenvalue weighted by molar-refractivity contribution is 1.11. The minimum Gasteiger partial charge on any atom is -0.381 e. The average Bonchev–Trinajstić information content (AvgIpc) is 2.46. The van der Waals surface area contributed by atoms with Crippen molar-refractivity contribution in [1.82, 2.24) is 4.98 Å². The number of aromatic nitrogens is 1. The van der Waals surface area contributed by atoms with Crippen molar-refractivity contribution >= 4 is 5.69 Å². The summed E-state index contributed by atoms with van der Waals surface area (Å²) in [5.41, 5.74) is 4.01. The maximum atomic E-state index is 8.88. The van der Waals surface area contributed by atoms with Gasteiger partial charge in [0.1, 0.15) is 11.8 Å². The number of hydrogen-bond donors (Lipinski definition) is 1. The Morgan fingerprint density at radius 1 is 1.16 bits per heavy atom. The lowest BCUT2D eigenvalue weighted by atomic mass is 10.1. The minimum atomic E-state index is 0.404. The number of anilines is 1. The SMILES string of the molecule is Cc1ccc(C#N)cc1NCc1ccnc(C#N)c1. The molecule has 1 heterocycles. The van der Waals surface area contributed by atoms with Gasteiger partial charge < -0.3 is 5.32 Å². The molecule has 0 spiro atoms. The van der Waals surface area contributed by atoms with Crippen LogP contribution in [0.1, 0.15) is 22.4 Å². The third-order valence-electron chi connectivity index (χ3n) is 2.79. The number of benzene rings is 1. The summed E-state index contributed by atoms with van der Waals surface area (Å²) in [6.07, 6.45) is 1.62. The fourth-order valence-electron chi connectivity index (χ4n) is 1.72. The Morgan fingerprint density at radius 2 is 2.00 bits per heavy atom. The zero-order valence-corrected chi connectivity index (χ0v) is 10.5. The largest absolute Gasteiger partial charge is 0.381 e. The predicted molar refractivity (Wildman–Crippen MR) is 72.2 cm³/mol. The van der Waals surface area contributed by atoms with E-state index in [2.05, 4.69) is 16.4 Å². The first-order chi connectivity index (χ1) is 9.22. The van der Waals surface area contributed by atoms with Gasteiger partial charge in [-0.05, 0) is 42.3 Å². The number of aryl methyl sites for hydroxylation is 1. The fourth-order valence-corrected chi connectivity index (χ4v) is 1.72. The van der Waals surface area contributed by atoms with E-state index >= 15 is 0 Å². The molecule has 19 heavy (non-hydrogen) atoms.